The summed E-state index contributed by atoms with van der Waals surface area (Å²) in [5.41, 5.74) is 1.41. The van der Waals surface area contributed by atoms with Crippen molar-refractivity contribution in [3.63, 3.8) is 0 Å². The highest BCUT2D eigenvalue weighted by Gasteiger charge is 2.23. The average Bonchev–Trinajstić information content (AvgIpc) is 2.01. The van der Waals surface area contributed by atoms with Crippen LogP contribution in [0.3, 0.4) is 0 Å². The Balaban J connectivity index is 2.67. The maximum atomic E-state index is 10.4. The number of rotatable bonds is 2. The molecule has 1 rings (SSSR count). The minimum Gasteiger partial charge on any atom is -0.303 e. The van der Waals surface area contributed by atoms with Crippen LogP contribution in [0.4, 0.5) is 0 Å². The average molecular weight is 166 g/mol. The Hall–Kier alpha value is -0.590. The molecule has 1 nitrogen and oxygen atoms in total. The highest BCUT2D eigenvalue weighted by Crippen LogP contribution is 2.33. The number of allylic oxidation sites excluding steroid dienone is 2. The fraction of sp³-hybridized carbons (Fsp3) is 0.727. The number of hydrogen-bond donors (Lipinski definition) is 0. The summed E-state index contributed by atoms with van der Waals surface area (Å²) in [4.78, 5) is 10.4. The summed E-state index contributed by atoms with van der Waals surface area (Å²) >= 11 is 0. The molecule has 0 radical (unpaired) electrons. The van der Waals surface area contributed by atoms with E-state index < -0.39 is 0 Å². The molecule has 0 saturated heterocycles. The quantitative estimate of drug-likeness (QED) is 0.455. The molecule has 0 heterocycles. The van der Waals surface area contributed by atoms with E-state index in [1.165, 1.54) is 12.0 Å². The molecule has 0 unspecified atom stereocenters. The number of aldehydes is 1. The molecule has 0 bridgehead atoms. The van der Waals surface area contributed by atoms with Gasteiger partial charge in [0.25, 0.3) is 0 Å². The molecule has 0 amide bonds. The van der Waals surface area contributed by atoms with Crippen molar-refractivity contribution in [2.24, 2.45) is 17.8 Å². The minimum absolute atomic E-state index is 0.522. The van der Waals surface area contributed by atoms with Gasteiger partial charge in [-0.15, -0.1) is 0 Å². The van der Waals surface area contributed by atoms with Crippen LogP contribution >= 0.6 is 0 Å². The Morgan fingerprint density at radius 3 is 2.83 bits per heavy atom. The van der Waals surface area contributed by atoms with Crippen LogP contribution in [0.15, 0.2) is 11.6 Å². The molecule has 68 valence electrons. The standard InChI is InChI=1S/C11H18O/c1-8-6-10(3)11(4-5-12)7-9(8)2/h5-6,8-9,11H,4,7H2,1-3H3/t8-,9-,11-/m0/s1. The summed E-state index contributed by atoms with van der Waals surface area (Å²) in [5, 5.41) is 0. The molecule has 1 aliphatic carbocycles. The molecule has 0 saturated carbocycles. The van der Waals surface area contributed by atoms with Crippen molar-refractivity contribution in [3.8, 4) is 0 Å². The Bertz CT molecular complexity index is 193. The third-order valence-corrected chi connectivity index (χ3v) is 3.10. The van der Waals surface area contributed by atoms with Crippen molar-refractivity contribution in [2.75, 3.05) is 0 Å². The second-order valence-electron chi connectivity index (χ2n) is 4.08. The Morgan fingerprint density at radius 1 is 1.58 bits per heavy atom. The van der Waals surface area contributed by atoms with Gasteiger partial charge in [0.05, 0.1) is 0 Å². The normalized spacial score (nSPS) is 35.9. The molecule has 3 atom stereocenters. The molecule has 0 aliphatic heterocycles. The number of hydrogen-bond acceptors (Lipinski definition) is 1. The van der Waals surface area contributed by atoms with Crippen molar-refractivity contribution < 1.29 is 4.79 Å². The molecule has 0 aromatic heterocycles. The van der Waals surface area contributed by atoms with Crippen LogP contribution in [0.5, 0.6) is 0 Å². The first kappa shape index (κ1) is 9.50. The van der Waals surface area contributed by atoms with Crippen LogP contribution in [0, 0.1) is 17.8 Å². The number of carbonyl (C=O) groups is 1. The van der Waals surface area contributed by atoms with Crippen molar-refractivity contribution in [3.05, 3.63) is 11.6 Å². The minimum atomic E-state index is 0.522. The maximum absolute atomic E-state index is 10.4. The van der Waals surface area contributed by atoms with Gasteiger partial charge in [0, 0.05) is 6.42 Å². The lowest BCUT2D eigenvalue weighted by Gasteiger charge is -2.29. The van der Waals surface area contributed by atoms with Gasteiger partial charge in [-0.1, -0.05) is 25.5 Å². The lowest BCUT2D eigenvalue weighted by Crippen LogP contribution is -2.19. The first-order valence-electron chi connectivity index (χ1n) is 4.77. The van der Waals surface area contributed by atoms with Crippen molar-refractivity contribution in [1.82, 2.24) is 0 Å². The van der Waals surface area contributed by atoms with Gasteiger partial charge in [-0.25, -0.2) is 0 Å². The van der Waals surface area contributed by atoms with Crippen molar-refractivity contribution >= 4 is 6.29 Å². The van der Waals surface area contributed by atoms with Crippen LogP contribution in [0.2, 0.25) is 0 Å². The van der Waals surface area contributed by atoms with E-state index >= 15 is 0 Å². The van der Waals surface area contributed by atoms with Gasteiger partial charge >= 0.3 is 0 Å². The SMILES string of the molecule is CC1=C[C@H](C)[C@@H](C)C[C@@H]1CC=O. The first-order chi connectivity index (χ1) is 5.65. The second kappa shape index (κ2) is 3.88. The van der Waals surface area contributed by atoms with E-state index in [1.54, 1.807) is 0 Å². The van der Waals surface area contributed by atoms with Crippen molar-refractivity contribution in [2.45, 2.75) is 33.6 Å². The monoisotopic (exact) mass is 166 g/mol. The molecule has 1 heteroatoms. The molecule has 0 aromatic carbocycles. The van der Waals surface area contributed by atoms with Gasteiger partial charge in [-0.3, -0.25) is 0 Å². The van der Waals surface area contributed by atoms with Crippen LogP contribution in [-0.2, 0) is 4.79 Å². The van der Waals surface area contributed by atoms with Gasteiger partial charge in [-0.2, -0.15) is 0 Å². The molecule has 12 heavy (non-hydrogen) atoms. The third kappa shape index (κ3) is 1.96. The lowest BCUT2D eigenvalue weighted by molar-refractivity contribution is -0.108. The largest absolute Gasteiger partial charge is 0.303 e. The predicted molar refractivity (Wildman–Crippen MR) is 50.9 cm³/mol. The van der Waals surface area contributed by atoms with Gasteiger partial charge in [0.1, 0.15) is 6.29 Å². The molecule has 0 aromatic rings. The fourth-order valence-corrected chi connectivity index (χ4v) is 1.96. The topological polar surface area (TPSA) is 17.1 Å². The second-order valence-corrected chi connectivity index (χ2v) is 4.08. The van der Waals surface area contributed by atoms with Crippen LogP contribution < -0.4 is 0 Å². The summed E-state index contributed by atoms with van der Waals surface area (Å²) in [6.07, 6.45) is 5.26. The Kier molecular flexibility index (Phi) is 3.07. The molecule has 0 fully saturated rings. The van der Waals surface area contributed by atoms with Gasteiger partial charge in [0.2, 0.25) is 0 Å². The van der Waals surface area contributed by atoms with E-state index in [4.69, 9.17) is 0 Å². The summed E-state index contributed by atoms with van der Waals surface area (Å²) in [7, 11) is 0. The summed E-state index contributed by atoms with van der Waals surface area (Å²) < 4.78 is 0. The molecule has 0 N–H and O–H groups in total. The summed E-state index contributed by atoms with van der Waals surface area (Å²) in [6, 6.07) is 0. The highest BCUT2D eigenvalue weighted by molar-refractivity contribution is 5.50. The van der Waals surface area contributed by atoms with Crippen LogP contribution in [-0.4, -0.2) is 6.29 Å². The van der Waals surface area contributed by atoms with Gasteiger partial charge in [-0.05, 0) is 31.1 Å². The van der Waals surface area contributed by atoms with E-state index in [-0.39, 0.29) is 0 Å². The molecule has 0 spiro atoms. The molecular formula is C11H18O. The summed E-state index contributed by atoms with van der Waals surface area (Å²) in [5.74, 6) is 1.94. The smallest absolute Gasteiger partial charge is 0.120 e. The van der Waals surface area contributed by atoms with E-state index in [2.05, 4.69) is 26.8 Å². The number of carbonyl (C=O) groups excluding carboxylic acids is 1. The fourth-order valence-electron chi connectivity index (χ4n) is 1.96. The first-order valence-corrected chi connectivity index (χ1v) is 4.77. The van der Waals surface area contributed by atoms with Gasteiger partial charge < -0.3 is 4.79 Å². The molecule has 1 aliphatic rings. The maximum Gasteiger partial charge on any atom is 0.120 e. The predicted octanol–water partition coefficient (Wildman–Crippen LogP) is 2.81. The summed E-state index contributed by atoms with van der Waals surface area (Å²) in [6.45, 7) is 6.67. The zero-order chi connectivity index (χ0) is 9.14. The van der Waals surface area contributed by atoms with Gasteiger partial charge in [0.15, 0.2) is 0 Å². The van der Waals surface area contributed by atoms with E-state index in [0.29, 0.717) is 18.3 Å². The van der Waals surface area contributed by atoms with E-state index in [9.17, 15) is 4.79 Å². The van der Waals surface area contributed by atoms with E-state index in [1.807, 2.05) is 0 Å². The molecular weight excluding hydrogens is 148 g/mol. The Labute approximate surface area is 74.9 Å². The zero-order valence-electron chi connectivity index (χ0n) is 8.21. The Morgan fingerprint density at radius 2 is 2.25 bits per heavy atom. The van der Waals surface area contributed by atoms with Crippen LogP contribution in [0.1, 0.15) is 33.6 Å². The lowest BCUT2D eigenvalue weighted by atomic mass is 9.76. The van der Waals surface area contributed by atoms with Crippen LogP contribution in [0.25, 0.3) is 0 Å². The van der Waals surface area contributed by atoms with E-state index in [0.717, 1.165) is 12.2 Å². The highest BCUT2D eigenvalue weighted by atomic mass is 16.1. The zero-order valence-corrected chi connectivity index (χ0v) is 8.21. The third-order valence-electron chi connectivity index (χ3n) is 3.10. The van der Waals surface area contributed by atoms with Crippen molar-refractivity contribution in [1.29, 1.82) is 0 Å².